The first-order chi connectivity index (χ1) is 9.74. The Labute approximate surface area is 125 Å². The van der Waals surface area contributed by atoms with E-state index in [1.165, 1.54) is 30.8 Å². The van der Waals surface area contributed by atoms with E-state index in [1.54, 1.807) is 11.3 Å². The van der Waals surface area contributed by atoms with Crippen LogP contribution < -0.4 is 5.32 Å². The lowest BCUT2D eigenvalue weighted by Gasteiger charge is -2.22. The highest BCUT2D eigenvalue weighted by atomic mass is 32.1. The van der Waals surface area contributed by atoms with Gasteiger partial charge in [-0.15, -0.1) is 11.3 Å². The summed E-state index contributed by atoms with van der Waals surface area (Å²) >= 11 is 1.68. The molecule has 1 aliphatic heterocycles. The molecule has 2 heterocycles. The summed E-state index contributed by atoms with van der Waals surface area (Å²) in [6.07, 6.45) is 2.22. The molecule has 1 aromatic rings. The number of rotatable bonds is 9. The van der Waals surface area contributed by atoms with Crippen LogP contribution in [-0.4, -0.2) is 54.9 Å². The number of thiophene rings is 1. The van der Waals surface area contributed by atoms with Gasteiger partial charge in [-0.25, -0.2) is 0 Å². The molecule has 0 aromatic carbocycles. The number of aliphatic hydroxyl groups is 1. The van der Waals surface area contributed by atoms with Crippen LogP contribution in [0.5, 0.6) is 0 Å². The molecule has 4 nitrogen and oxygen atoms in total. The van der Waals surface area contributed by atoms with Crippen molar-refractivity contribution in [2.75, 3.05) is 32.8 Å². The maximum atomic E-state index is 9.89. The van der Waals surface area contributed by atoms with Crippen LogP contribution in [0.1, 0.15) is 24.6 Å². The summed E-state index contributed by atoms with van der Waals surface area (Å²) in [6, 6.07) is 4.48. The Hall–Kier alpha value is -0.460. The Bertz CT molecular complexity index is 353. The smallest absolute Gasteiger partial charge is 0.0897 e. The number of aliphatic hydroxyl groups excluding tert-OH is 1. The zero-order chi connectivity index (χ0) is 14.2. The van der Waals surface area contributed by atoms with Crippen LogP contribution in [0.3, 0.4) is 0 Å². The predicted octanol–water partition coefficient (Wildman–Crippen LogP) is 1.70. The van der Waals surface area contributed by atoms with E-state index in [4.69, 9.17) is 4.74 Å². The van der Waals surface area contributed by atoms with Gasteiger partial charge in [0.2, 0.25) is 0 Å². The zero-order valence-corrected chi connectivity index (χ0v) is 13.1. The molecule has 2 rings (SSSR count). The number of ether oxygens (including phenoxy) is 1. The molecule has 0 bridgehead atoms. The molecule has 1 aromatic heterocycles. The van der Waals surface area contributed by atoms with Crippen molar-refractivity contribution in [3.63, 3.8) is 0 Å². The highest BCUT2D eigenvalue weighted by Gasteiger charge is 2.15. The van der Waals surface area contributed by atoms with E-state index < -0.39 is 6.10 Å². The lowest BCUT2D eigenvalue weighted by Crippen LogP contribution is -2.42. The Morgan fingerprint density at radius 2 is 2.25 bits per heavy atom. The Balaban J connectivity index is 1.51. The molecule has 2 N–H and O–H groups in total. The minimum Gasteiger partial charge on any atom is -0.389 e. The van der Waals surface area contributed by atoms with Crippen molar-refractivity contribution in [3.05, 3.63) is 22.4 Å². The summed E-state index contributed by atoms with van der Waals surface area (Å²) in [4.78, 5) is 3.68. The second-order valence-corrected chi connectivity index (χ2v) is 6.60. The monoisotopic (exact) mass is 298 g/mol. The maximum absolute atomic E-state index is 9.89. The van der Waals surface area contributed by atoms with Crippen LogP contribution in [0.25, 0.3) is 0 Å². The highest BCUT2D eigenvalue weighted by molar-refractivity contribution is 7.09. The van der Waals surface area contributed by atoms with E-state index in [1.807, 2.05) is 17.5 Å². The zero-order valence-electron chi connectivity index (χ0n) is 12.3. The fourth-order valence-corrected chi connectivity index (χ4v) is 3.14. The molecule has 2 unspecified atom stereocenters. The van der Waals surface area contributed by atoms with Gasteiger partial charge in [-0.2, -0.15) is 0 Å². The van der Waals surface area contributed by atoms with Crippen LogP contribution in [0.15, 0.2) is 17.5 Å². The lowest BCUT2D eigenvalue weighted by molar-refractivity contribution is 0.0284. The molecule has 1 saturated heterocycles. The maximum Gasteiger partial charge on any atom is 0.0897 e. The molecule has 1 fully saturated rings. The average Bonchev–Trinajstić information content (AvgIpc) is 3.09. The van der Waals surface area contributed by atoms with E-state index in [9.17, 15) is 5.11 Å². The van der Waals surface area contributed by atoms with Crippen molar-refractivity contribution in [1.82, 2.24) is 10.2 Å². The standard InChI is InChI=1S/C15H26N2O2S/c1-13(10-17-6-2-3-7-17)16-9-14(18)11-19-12-15-5-4-8-20-15/h4-5,8,13-14,16,18H,2-3,6-7,9-12H2,1H3. The van der Waals surface area contributed by atoms with Crippen LogP contribution in [0, 0.1) is 0 Å². The van der Waals surface area contributed by atoms with Gasteiger partial charge < -0.3 is 20.1 Å². The summed E-state index contributed by atoms with van der Waals surface area (Å²) in [5.74, 6) is 0. The van der Waals surface area contributed by atoms with E-state index in [0.29, 0.717) is 25.8 Å². The molecule has 114 valence electrons. The summed E-state index contributed by atoms with van der Waals surface area (Å²) in [6.45, 7) is 7.27. The molecule has 5 heteroatoms. The quantitative estimate of drug-likeness (QED) is 0.728. The molecular weight excluding hydrogens is 272 g/mol. The molecular formula is C15H26N2O2S. The average molecular weight is 298 g/mol. The lowest BCUT2D eigenvalue weighted by atomic mass is 10.3. The molecule has 1 aliphatic rings. The van der Waals surface area contributed by atoms with Crippen LogP contribution in [0.2, 0.25) is 0 Å². The third-order valence-electron chi connectivity index (χ3n) is 3.57. The van der Waals surface area contributed by atoms with Crippen molar-refractivity contribution < 1.29 is 9.84 Å². The molecule has 0 radical (unpaired) electrons. The molecule has 0 aliphatic carbocycles. The van der Waals surface area contributed by atoms with Gasteiger partial charge in [0, 0.05) is 24.0 Å². The van der Waals surface area contributed by atoms with E-state index in [0.717, 1.165) is 6.54 Å². The third kappa shape index (κ3) is 5.89. The summed E-state index contributed by atoms with van der Waals surface area (Å²) in [5, 5.41) is 15.3. The minimum atomic E-state index is -0.434. The predicted molar refractivity (Wildman–Crippen MR) is 83.1 cm³/mol. The van der Waals surface area contributed by atoms with Crippen LogP contribution >= 0.6 is 11.3 Å². The third-order valence-corrected chi connectivity index (χ3v) is 4.42. The van der Waals surface area contributed by atoms with Gasteiger partial charge in [-0.1, -0.05) is 6.07 Å². The van der Waals surface area contributed by atoms with Gasteiger partial charge in [0.05, 0.1) is 19.3 Å². The van der Waals surface area contributed by atoms with E-state index >= 15 is 0 Å². The van der Waals surface area contributed by atoms with E-state index in [2.05, 4.69) is 17.1 Å². The number of nitrogens with zero attached hydrogens (tertiary/aromatic N) is 1. The largest absolute Gasteiger partial charge is 0.389 e. The first kappa shape index (κ1) is 15.9. The summed E-state index contributed by atoms with van der Waals surface area (Å²) in [7, 11) is 0. The summed E-state index contributed by atoms with van der Waals surface area (Å²) in [5.41, 5.74) is 0. The van der Waals surface area contributed by atoms with Gasteiger partial charge in [0.15, 0.2) is 0 Å². The van der Waals surface area contributed by atoms with Crippen molar-refractivity contribution in [2.45, 2.75) is 38.5 Å². The second kappa shape index (κ2) is 8.74. The van der Waals surface area contributed by atoms with Gasteiger partial charge in [-0.05, 0) is 44.3 Å². The molecule has 0 saturated carbocycles. The number of hydrogen-bond acceptors (Lipinski definition) is 5. The SMILES string of the molecule is CC(CN1CCCC1)NCC(O)COCc1cccs1. The van der Waals surface area contributed by atoms with Crippen molar-refractivity contribution >= 4 is 11.3 Å². The van der Waals surface area contributed by atoms with Crippen LogP contribution in [0.4, 0.5) is 0 Å². The number of likely N-dealkylation sites (tertiary alicyclic amines) is 1. The van der Waals surface area contributed by atoms with E-state index in [-0.39, 0.29) is 0 Å². The Morgan fingerprint density at radius 3 is 2.95 bits per heavy atom. The summed E-state index contributed by atoms with van der Waals surface area (Å²) < 4.78 is 5.52. The molecule has 20 heavy (non-hydrogen) atoms. The van der Waals surface area contributed by atoms with Crippen molar-refractivity contribution in [1.29, 1.82) is 0 Å². The molecule has 0 amide bonds. The van der Waals surface area contributed by atoms with Crippen molar-refractivity contribution in [2.24, 2.45) is 0 Å². The van der Waals surface area contributed by atoms with Gasteiger partial charge in [-0.3, -0.25) is 0 Å². The Morgan fingerprint density at radius 1 is 1.45 bits per heavy atom. The fraction of sp³-hybridized carbons (Fsp3) is 0.733. The first-order valence-corrected chi connectivity index (χ1v) is 8.36. The second-order valence-electron chi connectivity index (χ2n) is 5.57. The van der Waals surface area contributed by atoms with Gasteiger partial charge >= 0.3 is 0 Å². The highest BCUT2D eigenvalue weighted by Crippen LogP contribution is 2.10. The van der Waals surface area contributed by atoms with Crippen LogP contribution in [-0.2, 0) is 11.3 Å². The Kier molecular flexibility index (Phi) is 6.96. The molecule has 2 atom stereocenters. The minimum absolute atomic E-state index is 0.390. The normalized spacial score (nSPS) is 19.3. The topological polar surface area (TPSA) is 44.7 Å². The molecule has 0 spiro atoms. The van der Waals surface area contributed by atoms with Gasteiger partial charge in [0.1, 0.15) is 0 Å². The fourth-order valence-electron chi connectivity index (χ4n) is 2.50. The van der Waals surface area contributed by atoms with Gasteiger partial charge in [0.25, 0.3) is 0 Å². The number of nitrogens with one attached hydrogen (secondary N) is 1. The number of hydrogen-bond donors (Lipinski definition) is 2. The first-order valence-electron chi connectivity index (χ1n) is 7.48. The van der Waals surface area contributed by atoms with Crippen molar-refractivity contribution in [3.8, 4) is 0 Å².